The molecule has 0 saturated heterocycles. The summed E-state index contributed by atoms with van der Waals surface area (Å²) in [7, 11) is -4.83. The third kappa shape index (κ3) is 5.76. The van der Waals surface area contributed by atoms with E-state index in [1.165, 1.54) is 12.1 Å². The lowest BCUT2D eigenvalue weighted by Crippen LogP contribution is -2.31. The molecular formula is C20H16ClF6NO5S. The van der Waals surface area contributed by atoms with Crippen LogP contribution in [-0.4, -0.2) is 26.1 Å². The number of sulfonamides is 1. The largest absolute Gasteiger partial charge is 0.480 e. The Labute approximate surface area is 194 Å². The van der Waals surface area contributed by atoms with Crippen LogP contribution >= 0.6 is 11.6 Å². The third-order valence-corrected chi connectivity index (χ3v) is 6.80. The van der Waals surface area contributed by atoms with Gasteiger partial charge in [-0.25, -0.2) is 17.9 Å². The summed E-state index contributed by atoms with van der Waals surface area (Å²) < 4.78 is 112. The molecule has 0 aliphatic heterocycles. The first-order valence-electron chi connectivity index (χ1n) is 9.57. The summed E-state index contributed by atoms with van der Waals surface area (Å²) in [5.41, 5.74) is -2.80. The number of halogens is 7. The molecule has 0 amide bonds. The molecule has 2 aromatic carbocycles. The van der Waals surface area contributed by atoms with Crippen LogP contribution in [0.5, 0.6) is 5.75 Å². The Morgan fingerprint density at radius 2 is 1.68 bits per heavy atom. The molecule has 1 aliphatic carbocycles. The molecule has 0 bridgehead atoms. The molecule has 0 aromatic heterocycles. The Kier molecular flexibility index (Phi) is 7.11. The summed E-state index contributed by atoms with van der Waals surface area (Å²) in [6.07, 6.45) is -9.55. The normalized spacial score (nSPS) is 16.7. The maximum absolute atomic E-state index is 13.1. The van der Waals surface area contributed by atoms with Gasteiger partial charge in [-0.2, -0.15) is 26.3 Å². The lowest BCUT2D eigenvalue weighted by atomic mass is 9.87. The van der Waals surface area contributed by atoms with Crippen molar-refractivity contribution in [2.24, 2.45) is 0 Å². The lowest BCUT2D eigenvalue weighted by Gasteiger charge is -2.28. The van der Waals surface area contributed by atoms with Gasteiger partial charge < -0.3 is 9.84 Å². The molecule has 0 spiro atoms. The molecule has 14 heteroatoms. The van der Waals surface area contributed by atoms with Crippen molar-refractivity contribution in [3.63, 3.8) is 0 Å². The number of carboxylic acids is 1. The van der Waals surface area contributed by atoms with Crippen LogP contribution in [0.3, 0.4) is 0 Å². The molecule has 2 aromatic rings. The highest BCUT2D eigenvalue weighted by atomic mass is 35.5. The SMILES string of the molecule is O=C(O)COc1c(Cl)ccc2c1CCC[C@H]2NS(=O)(=O)c1cc(C(F)(F)F)cc(C(F)(F)F)c1. The summed E-state index contributed by atoms with van der Waals surface area (Å²) in [5.74, 6) is -1.27. The van der Waals surface area contributed by atoms with E-state index >= 15 is 0 Å². The lowest BCUT2D eigenvalue weighted by molar-refractivity contribution is -0.143. The Morgan fingerprint density at radius 3 is 2.21 bits per heavy atom. The van der Waals surface area contributed by atoms with E-state index in [1.807, 2.05) is 0 Å². The Balaban J connectivity index is 2.02. The highest BCUT2D eigenvalue weighted by molar-refractivity contribution is 7.89. The summed E-state index contributed by atoms with van der Waals surface area (Å²) in [6, 6.07) is 1.83. The van der Waals surface area contributed by atoms with E-state index in [1.54, 1.807) is 0 Å². The molecule has 0 heterocycles. The van der Waals surface area contributed by atoms with E-state index in [2.05, 4.69) is 4.72 Å². The molecule has 0 unspecified atom stereocenters. The number of hydrogen-bond donors (Lipinski definition) is 2. The predicted molar refractivity (Wildman–Crippen MR) is 107 cm³/mol. The van der Waals surface area contributed by atoms with Gasteiger partial charge in [-0.05, 0) is 49.1 Å². The molecule has 1 atom stereocenters. The average Bonchev–Trinajstić information content (AvgIpc) is 2.71. The number of aliphatic carboxylic acids is 1. The number of hydrogen-bond acceptors (Lipinski definition) is 4. The van der Waals surface area contributed by atoms with Gasteiger partial charge in [0.2, 0.25) is 10.0 Å². The zero-order valence-corrected chi connectivity index (χ0v) is 18.5. The molecule has 6 nitrogen and oxygen atoms in total. The minimum absolute atomic E-state index is 0.0175. The van der Waals surface area contributed by atoms with Gasteiger partial charge in [0.05, 0.1) is 21.0 Å². The van der Waals surface area contributed by atoms with Crippen LogP contribution in [0.1, 0.15) is 41.1 Å². The van der Waals surface area contributed by atoms with Crippen molar-refractivity contribution in [2.45, 2.75) is 42.6 Å². The average molecular weight is 532 g/mol. The number of benzene rings is 2. The number of rotatable bonds is 6. The van der Waals surface area contributed by atoms with Crippen molar-refractivity contribution in [3.8, 4) is 5.75 Å². The monoisotopic (exact) mass is 531 g/mol. The zero-order valence-electron chi connectivity index (χ0n) is 16.9. The number of ether oxygens (including phenoxy) is 1. The van der Waals surface area contributed by atoms with Gasteiger partial charge in [0.25, 0.3) is 0 Å². The fourth-order valence-electron chi connectivity index (χ4n) is 3.59. The van der Waals surface area contributed by atoms with Gasteiger partial charge in [0, 0.05) is 11.6 Å². The predicted octanol–water partition coefficient (Wildman–Crippen LogP) is 5.20. The third-order valence-electron chi connectivity index (χ3n) is 5.05. The second kappa shape index (κ2) is 9.27. The van der Waals surface area contributed by atoms with Crippen molar-refractivity contribution >= 4 is 27.6 Å². The Hall–Kier alpha value is -2.51. The van der Waals surface area contributed by atoms with Crippen LogP contribution in [0.15, 0.2) is 35.2 Å². The van der Waals surface area contributed by atoms with Gasteiger partial charge in [0.1, 0.15) is 5.75 Å². The second-order valence-corrected chi connectivity index (χ2v) is 9.56. The number of carbonyl (C=O) groups is 1. The first-order chi connectivity index (χ1) is 15.6. The molecule has 34 heavy (non-hydrogen) atoms. The van der Waals surface area contributed by atoms with E-state index in [-0.39, 0.29) is 35.4 Å². The van der Waals surface area contributed by atoms with Crippen LogP contribution in [0.25, 0.3) is 0 Å². The molecule has 0 saturated carbocycles. The van der Waals surface area contributed by atoms with Crippen molar-refractivity contribution in [1.82, 2.24) is 4.72 Å². The Bertz CT molecular complexity index is 1180. The summed E-state index contributed by atoms with van der Waals surface area (Å²) in [6.45, 7) is -0.725. The summed E-state index contributed by atoms with van der Waals surface area (Å²) in [5, 5.41) is 8.91. The Morgan fingerprint density at radius 1 is 1.09 bits per heavy atom. The van der Waals surface area contributed by atoms with Crippen LogP contribution in [0, 0.1) is 0 Å². The number of carboxylic acid groups (broad SMARTS) is 1. The minimum Gasteiger partial charge on any atom is -0.480 e. The van der Waals surface area contributed by atoms with Crippen molar-refractivity contribution in [1.29, 1.82) is 0 Å². The van der Waals surface area contributed by atoms with Crippen molar-refractivity contribution in [3.05, 3.63) is 57.6 Å². The molecular weight excluding hydrogens is 516 g/mol. The molecule has 186 valence electrons. The maximum Gasteiger partial charge on any atom is 0.416 e. The second-order valence-electron chi connectivity index (χ2n) is 7.43. The van der Waals surface area contributed by atoms with Crippen molar-refractivity contribution < 1.29 is 49.4 Å². The number of alkyl halides is 6. The van der Waals surface area contributed by atoms with Gasteiger partial charge in [-0.15, -0.1) is 0 Å². The van der Waals surface area contributed by atoms with E-state index < -0.39 is 57.0 Å². The van der Waals surface area contributed by atoms with Gasteiger partial charge in [0.15, 0.2) is 6.61 Å². The topological polar surface area (TPSA) is 92.7 Å². The number of nitrogens with one attached hydrogen (secondary N) is 1. The quantitative estimate of drug-likeness (QED) is 0.500. The van der Waals surface area contributed by atoms with Gasteiger partial charge in [-0.3, -0.25) is 0 Å². The zero-order chi connectivity index (χ0) is 25.5. The van der Waals surface area contributed by atoms with Gasteiger partial charge in [-0.1, -0.05) is 17.7 Å². The van der Waals surface area contributed by atoms with E-state index in [0.29, 0.717) is 24.0 Å². The standard InChI is InChI=1S/C20H16ClF6NO5S/c21-15-5-4-13-14(18(15)33-9-17(29)30)2-1-3-16(13)28-34(31,32)12-7-10(19(22,23)24)6-11(8-12)20(25,26)27/h4-8,16,28H,1-3,9H2,(H,29,30)/t16-/m1/s1. The summed E-state index contributed by atoms with van der Waals surface area (Å²) >= 11 is 6.07. The summed E-state index contributed by atoms with van der Waals surface area (Å²) in [4.78, 5) is 9.64. The molecule has 0 radical (unpaired) electrons. The molecule has 0 fully saturated rings. The highest BCUT2D eigenvalue weighted by Gasteiger charge is 2.39. The molecule has 1 aliphatic rings. The van der Waals surface area contributed by atoms with Crippen molar-refractivity contribution in [2.75, 3.05) is 6.61 Å². The molecule has 3 rings (SSSR count). The first kappa shape index (κ1) is 26.1. The van der Waals surface area contributed by atoms with E-state index in [4.69, 9.17) is 21.4 Å². The maximum atomic E-state index is 13.1. The van der Waals surface area contributed by atoms with Crippen LogP contribution in [0.4, 0.5) is 26.3 Å². The van der Waals surface area contributed by atoms with Crippen LogP contribution < -0.4 is 9.46 Å². The fraction of sp³-hybridized carbons (Fsp3) is 0.350. The number of fused-ring (bicyclic) bond motifs is 1. The minimum atomic E-state index is -5.21. The molecule has 2 N–H and O–H groups in total. The fourth-order valence-corrected chi connectivity index (χ4v) is 5.14. The van der Waals surface area contributed by atoms with Crippen LogP contribution in [0.2, 0.25) is 5.02 Å². The first-order valence-corrected chi connectivity index (χ1v) is 11.4. The van der Waals surface area contributed by atoms with Gasteiger partial charge >= 0.3 is 18.3 Å². The van der Waals surface area contributed by atoms with Crippen LogP contribution in [-0.2, 0) is 33.6 Å². The highest BCUT2D eigenvalue weighted by Crippen LogP contribution is 2.41. The van der Waals surface area contributed by atoms with E-state index in [9.17, 15) is 39.6 Å². The smallest absolute Gasteiger partial charge is 0.416 e. The van der Waals surface area contributed by atoms with E-state index in [0.717, 1.165) is 0 Å².